The predicted octanol–water partition coefficient (Wildman–Crippen LogP) is 4.64. The second kappa shape index (κ2) is 7.98. The van der Waals surface area contributed by atoms with Crippen LogP contribution in [0.3, 0.4) is 0 Å². The topological polar surface area (TPSA) is 38.1 Å². The molecular formula is C20H25F2N3O. The fourth-order valence-corrected chi connectivity index (χ4v) is 3.71. The van der Waals surface area contributed by atoms with Gasteiger partial charge in [0, 0.05) is 19.6 Å². The summed E-state index contributed by atoms with van der Waals surface area (Å²) < 4.78 is 27.2. The van der Waals surface area contributed by atoms with E-state index < -0.39 is 6.43 Å². The molecule has 0 saturated heterocycles. The average molecular weight is 361 g/mol. The number of amides is 1. The van der Waals surface area contributed by atoms with E-state index >= 15 is 0 Å². The van der Waals surface area contributed by atoms with Gasteiger partial charge in [0.15, 0.2) is 0 Å². The van der Waals surface area contributed by atoms with E-state index in [9.17, 15) is 13.6 Å². The number of aryl methyl sites for hydroxylation is 2. The minimum Gasteiger partial charge on any atom is -0.330 e. The molecule has 0 spiro atoms. The van der Waals surface area contributed by atoms with Crippen molar-refractivity contribution in [2.45, 2.75) is 58.0 Å². The van der Waals surface area contributed by atoms with Crippen LogP contribution in [0.1, 0.15) is 65.8 Å². The predicted molar refractivity (Wildman–Crippen MR) is 96.1 cm³/mol. The molecule has 1 aromatic carbocycles. The van der Waals surface area contributed by atoms with Crippen LogP contribution >= 0.6 is 0 Å². The van der Waals surface area contributed by atoms with Gasteiger partial charge in [-0.1, -0.05) is 49.1 Å². The molecule has 1 heterocycles. The van der Waals surface area contributed by atoms with Crippen LogP contribution in [0.15, 0.2) is 30.3 Å². The molecule has 0 atom stereocenters. The first-order valence-corrected chi connectivity index (χ1v) is 9.14. The van der Waals surface area contributed by atoms with E-state index in [0.29, 0.717) is 6.54 Å². The third kappa shape index (κ3) is 4.11. The molecule has 1 aromatic heterocycles. The van der Waals surface area contributed by atoms with Crippen molar-refractivity contribution in [3.63, 3.8) is 0 Å². The van der Waals surface area contributed by atoms with Crippen molar-refractivity contribution < 1.29 is 13.6 Å². The molecule has 1 saturated carbocycles. The molecule has 1 aliphatic rings. The molecule has 1 aliphatic carbocycles. The zero-order valence-corrected chi connectivity index (χ0v) is 15.3. The molecule has 26 heavy (non-hydrogen) atoms. The van der Waals surface area contributed by atoms with Crippen molar-refractivity contribution in [3.05, 3.63) is 52.8 Å². The van der Waals surface area contributed by atoms with E-state index in [0.717, 1.165) is 36.8 Å². The number of nitrogens with zero attached hydrogens (tertiary/aromatic N) is 3. The molecule has 0 aliphatic heterocycles. The van der Waals surface area contributed by atoms with Gasteiger partial charge in [-0.05, 0) is 31.4 Å². The van der Waals surface area contributed by atoms with E-state index in [4.69, 9.17) is 0 Å². The maximum absolute atomic E-state index is 13.2. The maximum atomic E-state index is 13.2. The Hall–Kier alpha value is -2.24. The number of hydrogen-bond acceptors (Lipinski definition) is 2. The van der Waals surface area contributed by atoms with E-state index in [2.05, 4.69) is 11.2 Å². The molecule has 4 nitrogen and oxygen atoms in total. The summed E-state index contributed by atoms with van der Waals surface area (Å²) in [6.07, 6.45) is 2.60. The summed E-state index contributed by atoms with van der Waals surface area (Å²) in [7, 11) is 1.55. The van der Waals surface area contributed by atoms with Crippen LogP contribution in [0.5, 0.6) is 0 Å². The quantitative estimate of drug-likeness (QED) is 0.778. The summed E-state index contributed by atoms with van der Waals surface area (Å²) in [5.41, 5.74) is 2.06. The Balaban J connectivity index is 1.90. The van der Waals surface area contributed by atoms with Crippen molar-refractivity contribution in [2.24, 2.45) is 7.05 Å². The fraction of sp³-hybridized carbons (Fsp3) is 0.500. The monoisotopic (exact) mass is 361 g/mol. The summed E-state index contributed by atoms with van der Waals surface area (Å²) in [4.78, 5) is 15.1. The lowest BCUT2D eigenvalue weighted by atomic mass is 9.93. The Morgan fingerprint density at radius 1 is 1.27 bits per heavy atom. The standard InChI is InChI=1S/C20H25F2N3O/c1-14-7-6-8-15(11-14)13-25(16-9-4-3-5-10-16)20(26)18-12-17(19(21)22)23-24(18)2/h6-8,11-12,16,19H,3-5,9-10,13H2,1-2H3. The largest absolute Gasteiger partial charge is 0.330 e. The lowest BCUT2D eigenvalue weighted by Gasteiger charge is -2.34. The summed E-state index contributed by atoms with van der Waals surface area (Å²) >= 11 is 0. The normalized spacial score (nSPS) is 15.4. The first-order valence-electron chi connectivity index (χ1n) is 9.14. The van der Waals surface area contributed by atoms with Crippen molar-refractivity contribution in [3.8, 4) is 0 Å². The molecule has 1 amide bonds. The van der Waals surface area contributed by atoms with Crippen LogP contribution in [0.2, 0.25) is 0 Å². The van der Waals surface area contributed by atoms with Gasteiger partial charge in [0.25, 0.3) is 12.3 Å². The third-order valence-corrected chi connectivity index (χ3v) is 5.05. The smallest absolute Gasteiger partial charge is 0.282 e. The van der Waals surface area contributed by atoms with Crippen molar-refractivity contribution in [2.75, 3.05) is 0 Å². The number of hydrogen-bond donors (Lipinski definition) is 0. The minimum absolute atomic E-state index is 0.140. The zero-order valence-electron chi connectivity index (χ0n) is 15.3. The van der Waals surface area contributed by atoms with Crippen LogP contribution in [0.4, 0.5) is 8.78 Å². The third-order valence-electron chi connectivity index (χ3n) is 5.05. The number of benzene rings is 1. The van der Waals surface area contributed by atoms with E-state index in [1.54, 1.807) is 7.05 Å². The number of carbonyl (C=O) groups is 1. The number of halogens is 2. The van der Waals surface area contributed by atoms with Gasteiger partial charge in [-0.15, -0.1) is 0 Å². The summed E-state index contributed by atoms with van der Waals surface area (Å²) in [6, 6.07) is 9.43. The molecular weight excluding hydrogens is 336 g/mol. The Morgan fingerprint density at radius 2 is 2.00 bits per heavy atom. The zero-order chi connectivity index (χ0) is 18.7. The highest BCUT2D eigenvalue weighted by Crippen LogP contribution is 2.27. The SMILES string of the molecule is Cc1cccc(CN(C(=O)c2cc(C(F)F)nn2C)C2CCCCC2)c1. The van der Waals surface area contributed by atoms with Crippen LogP contribution < -0.4 is 0 Å². The second-order valence-corrected chi connectivity index (χ2v) is 7.09. The van der Waals surface area contributed by atoms with Gasteiger partial charge >= 0.3 is 0 Å². The first-order chi connectivity index (χ1) is 12.5. The molecule has 1 fully saturated rings. The lowest BCUT2D eigenvalue weighted by Crippen LogP contribution is -2.41. The summed E-state index contributed by atoms with van der Waals surface area (Å²) in [5.74, 6) is -0.222. The van der Waals surface area contributed by atoms with Crippen molar-refractivity contribution in [1.29, 1.82) is 0 Å². The average Bonchev–Trinajstić information content (AvgIpc) is 3.02. The Bertz CT molecular complexity index is 766. The Labute approximate surface area is 152 Å². The van der Waals surface area contributed by atoms with E-state index in [-0.39, 0.29) is 23.3 Å². The van der Waals surface area contributed by atoms with E-state index in [1.165, 1.54) is 17.2 Å². The van der Waals surface area contributed by atoms with E-state index in [1.807, 2.05) is 30.0 Å². The second-order valence-electron chi connectivity index (χ2n) is 7.09. The van der Waals surface area contributed by atoms with Gasteiger partial charge in [-0.2, -0.15) is 5.10 Å². The van der Waals surface area contributed by atoms with Crippen LogP contribution in [-0.4, -0.2) is 26.6 Å². The van der Waals surface area contributed by atoms with Crippen molar-refractivity contribution >= 4 is 5.91 Å². The maximum Gasteiger partial charge on any atom is 0.282 e. The summed E-state index contributed by atoms with van der Waals surface area (Å²) in [5, 5.41) is 3.80. The molecule has 2 aromatic rings. The highest BCUT2D eigenvalue weighted by atomic mass is 19.3. The minimum atomic E-state index is -2.68. The van der Waals surface area contributed by atoms with Gasteiger partial charge in [0.1, 0.15) is 11.4 Å². The van der Waals surface area contributed by atoms with Gasteiger partial charge < -0.3 is 4.90 Å². The molecule has 0 radical (unpaired) electrons. The number of carbonyl (C=O) groups excluding carboxylic acids is 1. The van der Waals surface area contributed by atoms with Gasteiger partial charge in [-0.3, -0.25) is 9.48 Å². The number of rotatable bonds is 5. The van der Waals surface area contributed by atoms with Crippen LogP contribution in [0.25, 0.3) is 0 Å². The lowest BCUT2D eigenvalue weighted by molar-refractivity contribution is 0.0603. The number of alkyl halides is 2. The molecule has 140 valence electrons. The summed E-state index contributed by atoms with van der Waals surface area (Å²) in [6.45, 7) is 2.51. The van der Waals surface area contributed by atoms with Gasteiger partial charge in [0.2, 0.25) is 0 Å². The van der Waals surface area contributed by atoms with Gasteiger partial charge in [-0.25, -0.2) is 8.78 Å². The molecule has 0 unspecified atom stereocenters. The van der Waals surface area contributed by atoms with Crippen LogP contribution in [-0.2, 0) is 13.6 Å². The molecule has 6 heteroatoms. The van der Waals surface area contributed by atoms with Crippen molar-refractivity contribution in [1.82, 2.24) is 14.7 Å². The fourth-order valence-electron chi connectivity index (χ4n) is 3.71. The molecule has 0 N–H and O–H groups in total. The molecule has 0 bridgehead atoms. The highest BCUT2D eigenvalue weighted by Gasteiger charge is 2.29. The first kappa shape index (κ1) is 18.5. The number of aromatic nitrogens is 2. The van der Waals surface area contributed by atoms with Crippen LogP contribution in [0, 0.1) is 6.92 Å². The highest BCUT2D eigenvalue weighted by molar-refractivity contribution is 5.93. The Kier molecular flexibility index (Phi) is 5.69. The molecule has 3 rings (SSSR count). The van der Waals surface area contributed by atoms with Gasteiger partial charge in [0.05, 0.1) is 0 Å². The Morgan fingerprint density at radius 3 is 2.62 bits per heavy atom.